The molecule has 1 aromatic rings. The Morgan fingerprint density at radius 3 is 3.06 bits per heavy atom. The Morgan fingerprint density at radius 2 is 2.31 bits per heavy atom. The highest BCUT2D eigenvalue weighted by atomic mass is 79.9. The fourth-order valence-electron chi connectivity index (χ4n) is 1.96. The van der Waals surface area contributed by atoms with Crippen molar-refractivity contribution >= 4 is 21.6 Å². The molecular weight excluding hydrogens is 271 g/mol. The SMILES string of the molecule is Fc1ccc(Br)c(NCC2CCCCN2)c1. The van der Waals surface area contributed by atoms with Gasteiger partial charge in [-0.2, -0.15) is 0 Å². The maximum absolute atomic E-state index is 13.0. The van der Waals surface area contributed by atoms with E-state index < -0.39 is 0 Å². The maximum Gasteiger partial charge on any atom is 0.125 e. The number of anilines is 1. The van der Waals surface area contributed by atoms with Crippen LogP contribution in [0.2, 0.25) is 0 Å². The van der Waals surface area contributed by atoms with E-state index in [1.807, 2.05) is 0 Å². The van der Waals surface area contributed by atoms with Crippen molar-refractivity contribution in [1.82, 2.24) is 5.32 Å². The van der Waals surface area contributed by atoms with Crippen molar-refractivity contribution in [3.63, 3.8) is 0 Å². The van der Waals surface area contributed by atoms with Gasteiger partial charge in [0.2, 0.25) is 0 Å². The molecule has 0 aliphatic carbocycles. The van der Waals surface area contributed by atoms with Crippen molar-refractivity contribution in [3.8, 4) is 0 Å². The summed E-state index contributed by atoms with van der Waals surface area (Å²) in [6.07, 6.45) is 3.74. The van der Waals surface area contributed by atoms with Crippen molar-refractivity contribution in [2.45, 2.75) is 25.3 Å². The van der Waals surface area contributed by atoms with Gasteiger partial charge in [-0.25, -0.2) is 4.39 Å². The third-order valence-corrected chi connectivity index (χ3v) is 3.57. The van der Waals surface area contributed by atoms with Crippen LogP contribution in [0.4, 0.5) is 10.1 Å². The molecule has 88 valence electrons. The quantitative estimate of drug-likeness (QED) is 0.892. The third-order valence-electron chi connectivity index (χ3n) is 2.88. The number of hydrogen-bond acceptors (Lipinski definition) is 2. The maximum atomic E-state index is 13.0. The van der Waals surface area contributed by atoms with Gasteiger partial charge >= 0.3 is 0 Å². The molecule has 0 spiro atoms. The zero-order valence-electron chi connectivity index (χ0n) is 9.10. The molecule has 1 saturated heterocycles. The zero-order chi connectivity index (χ0) is 11.4. The lowest BCUT2D eigenvalue weighted by Gasteiger charge is -2.24. The molecule has 0 aromatic heterocycles. The van der Waals surface area contributed by atoms with Crippen molar-refractivity contribution in [2.75, 3.05) is 18.4 Å². The van der Waals surface area contributed by atoms with Crippen LogP contribution in [-0.2, 0) is 0 Å². The molecule has 1 heterocycles. The lowest BCUT2D eigenvalue weighted by Crippen LogP contribution is -2.39. The molecule has 2 rings (SSSR count). The van der Waals surface area contributed by atoms with Crippen LogP contribution >= 0.6 is 15.9 Å². The van der Waals surface area contributed by atoms with Gasteiger partial charge in [-0.3, -0.25) is 0 Å². The van der Waals surface area contributed by atoms with Crippen LogP contribution in [0.1, 0.15) is 19.3 Å². The highest BCUT2D eigenvalue weighted by Gasteiger charge is 2.12. The molecule has 0 bridgehead atoms. The smallest absolute Gasteiger partial charge is 0.125 e. The van der Waals surface area contributed by atoms with E-state index in [9.17, 15) is 4.39 Å². The largest absolute Gasteiger partial charge is 0.382 e. The minimum atomic E-state index is -0.206. The molecule has 0 radical (unpaired) electrons. The van der Waals surface area contributed by atoms with Crippen LogP contribution in [-0.4, -0.2) is 19.1 Å². The first kappa shape index (κ1) is 11.9. The first-order valence-electron chi connectivity index (χ1n) is 5.68. The monoisotopic (exact) mass is 286 g/mol. The first-order chi connectivity index (χ1) is 7.75. The Labute approximate surface area is 104 Å². The van der Waals surface area contributed by atoms with Gasteiger partial charge in [0.25, 0.3) is 0 Å². The van der Waals surface area contributed by atoms with Gasteiger partial charge in [-0.15, -0.1) is 0 Å². The normalized spacial score (nSPS) is 20.8. The molecule has 1 aliphatic rings. The summed E-state index contributed by atoms with van der Waals surface area (Å²) in [5.41, 5.74) is 0.826. The summed E-state index contributed by atoms with van der Waals surface area (Å²) < 4.78 is 13.9. The van der Waals surface area contributed by atoms with Crippen LogP contribution in [0.5, 0.6) is 0 Å². The fraction of sp³-hybridized carbons (Fsp3) is 0.500. The Morgan fingerprint density at radius 1 is 1.44 bits per heavy atom. The lowest BCUT2D eigenvalue weighted by molar-refractivity contribution is 0.414. The molecule has 1 fully saturated rings. The number of rotatable bonds is 3. The summed E-state index contributed by atoms with van der Waals surface area (Å²) >= 11 is 3.41. The lowest BCUT2D eigenvalue weighted by atomic mass is 10.1. The summed E-state index contributed by atoms with van der Waals surface area (Å²) in [6.45, 7) is 1.94. The Kier molecular flexibility index (Phi) is 4.18. The standard InChI is InChI=1S/C12H16BrFN2/c13-11-5-4-9(14)7-12(11)16-8-10-3-1-2-6-15-10/h4-5,7,10,15-16H,1-3,6,8H2. The minimum Gasteiger partial charge on any atom is -0.382 e. The Hall–Kier alpha value is -0.610. The highest BCUT2D eigenvalue weighted by molar-refractivity contribution is 9.10. The van der Waals surface area contributed by atoms with Crippen LogP contribution in [0.25, 0.3) is 0 Å². The fourth-order valence-corrected chi connectivity index (χ4v) is 2.35. The average molecular weight is 287 g/mol. The predicted molar refractivity (Wildman–Crippen MR) is 68.2 cm³/mol. The van der Waals surface area contributed by atoms with E-state index in [0.29, 0.717) is 6.04 Å². The molecule has 4 heteroatoms. The molecular formula is C12H16BrFN2. The molecule has 0 amide bonds. The van der Waals surface area contributed by atoms with Gasteiger partial charge in [-0.05, 0) is 53.5 Å². The van der Waals surface area contributed by atoms with Crippen molar-refractivity contribution < 1.29 is 4.39 Å². The topological polar surface area (TPSA) is 24.1 Å². The van der Waals surface area contributed by atoms with Gasteiger partial charge in [0.15, 0.2) is 0 Å². The number of nitrogens with one attached hydrogen (secondary N) is 2. The molecule has 16 heavy (non-hydrogen) atoms. The highest BCUT2D eigenvalue weighted by Crippen LogP contribution is 2.23. The number of benzene rings is 1. The van der Waals surface area contributed by atoms with E-state index in [0.717, 1.165) is 23.2 Å². The summed E-state index contributed by atoms with van der Waals surface area (Å²) in [5, 5.41) is 6.73. The van der Waals surface area contributed by atoms with E-state index in [1.54, 1.807) is 6.07 Å². The summed E-state index contributed by atoms with van der Waals surface area (Å²) in [4.78, 5) is 0. The number of piperidine rings is 1. The van der Waals surface area contributed by atoms with Gasteiger partial charge in [0.1, 0.15) is 5.82 Å². The minimum absolute atomic E-state index is 0.206. The van der Waals surface area contributed by atoms with E-state index >= 15 is 0 Å². The van der Waals surface area contributed by atoms with Gasteiger partial charge in [-0.1, -0.05) is 6.42 Å². The van der Waals surface area contributed by atoms with Crippen molar-refractivity contribution in [1.29, 1.82) is 0 Å². The Balaban J connectivity index is 1.90. The van der Waals surface area contributed by atoms with E-state index in [2.05, 4.69) is 26.6 Å². The second-order valence-electron chi connectivity index (χ2n) is 4.15. The van der Waals surface area contributed by atoms with Gasteiger partial charge in [0.05, 0.1) is 5.69 Å². The van der Waals surface area contributed by atoms with Crippen LogP contribution in [0.15, 0.2) is 22.7 Å². The van der Waals surface area contributed by atoms with Crippen LogP contribution < -0.4 is 10.6 Å². The van der Waals surface area contributed by atoms with Gasteiger partial charge in [0, 0.05) is 17.1 Å². The first-order valence-corrected chi connectivity index (χ1v) is 6.47. The van der Waals surface area contributed by atoms with Gasteiger partial charge < -0.3 is 10.6 Å². The third kappa shape index (κ3) is 3.19. The predicted octanol–water partition coefficient (Wildman–Crippen LogP) is 3.14. The molecule has 1 unspecified atom stereocenters. The molecule has 1 atom stereocenters. The molecule has 2 N–H and O–H groups in total. The second-order valence-corrected chi connectivity index (χ2v) is 5.01. The second kappa shape index (κ2) is 5.64. The van der Waals surface area contributed by atoms with E-state index in [4.69, 9.17) is 0 Å². The molecule has 1 aliphatic heterocycles. The number of halogens is 2. The van der Waals surface area contributed by atoms with E-state index in [1.165, 1.54) is 31.4 Å². The van der Waals surface area contributed by atoms with Crippen LogP contribution in [0, 0.1) is 5.82 Å². The van der Waals surface area contributed by atoms with E-state index in [-0.39, 0.29) is 5.82 Å². The van der Waals surface area contributed by atoms with Crippen molar-refractivity contribution in [2.24, 2.45) is 0 Å². The number of hydrogen-bond donors (Lipinski definition) is 2. The average Bonchev–Trinajstić information content (AvgIpc) is 2.32. The summed E-state index contributed by atoms with van der Waals surface area (Å²) in [7, 11) is 0. The molecule has 2 nitrogen and oxygen atoms in total. The van der Waals surface area contributed by atoms with Crippen LogP contribution in [0.3, 0.4) is 0 Å². The molecule has 1 aromatic carbocycles. The Bertz CT molecular complexity index is 351. The zero-order valence-corrected chi connectivity index (χ0v) is 10.7. The summed E-state index contributed by atoms with van der Waals surface area (Å²) in [5.74, 6) is -0.206. The molecule has 0 saturated carbocycles. The van der Waals surface area contributed by atoms with Crippen molar-refractivity contribution in [3.05, 3.63) is 28.5 Å². The summed E-state index contributed by atoms with van der Waals surface area (Å²) in [6, 6.07) is 5.21.